The normalized spacial score (nSPS) is 13.7. The fraction of sp³-hybridized carbons (Fsp3) is 0.571. The van der Waals surface area contributed by atoms with Crippen LogP contribution in [0, 0.1) is 5.82 Å². The van der Waals surface area contributed by atoms with Gasteiger partial charge in [0.2, 0.25) is 0 Å². The molecule has 6 heteroatoms. The summed E-state index contributed by atoms with van der Waals surface area (Å²) in [4.78, 5) is 0. The molecule has 1 unspecified atom stereocenters. The molecule has 0 amide bonds. The van der Waals surface area contributed by atoms with Gasteiger partial charge in [0.15, 0.2) is 17.7 Å². The summed E-state index contributed by atoms with van der Waals surface area (Å²) in [6.45, 7) is 6.69. The minimum absolute atomic E-state index is 0.0302. The van der Waals surface area contributed by atoms with Crippen molar-refractivity contribution >= 4 is 0 Å². The first kappa shape index (κ1) is 16.6. The lowest BCUT2D eigenvalue weighted by Crippen LogP contribution is -2.24. The Morgan fingerprint density at radius 2 is 1.80 bits per heavy atom. The average Bonchev–Trinajstić information content (AvgIpc) is 2.31. The van der Waals surface area contributed by atoms with Gasteiger partial charge in [0.1, 0.15) is 11.4 Å². The van der Waals surface area contributed by atoms with Crippen molar-refractivity contribution in [3.05, 3.63) is 23.0 Å². The number of benzene rings is 1. The van der Waals surface area contributed by atoms with Crippen molar-refractivity contribution in [3.8, 4) is 11.5 Å². The van der Waals surface area contributed by atoms with Crippen molar-refractivity contribution in [2.45, 2.75) is 52.3 Å². The lowest BCUT2D eigenvalue weighted by Gasteiger charge is -2.25. The maximum Gasteiger partial charge on any atom is 0.273 e. The van der Waals surface area contributed by atoms with Gasteiger partial charge in [-0.05, 0) is 33.3 Å². The van der Waals surface area contributed by atoms with E-state index in [1.54, 1.807) is 27.7 Å². The lowest BCUT2D eigenvalue weighted by atomic mass is 10.0. The van der Waals surface area contributed by atoms with Crippen LogP contribution in [0.3, 0.4) is 0 Å². The quantitative estimate of drug-likeness (QED) is 0.826. The highest BCUT2D eigenvalue weighted by Gasteiger charge is 2.30. The summed E-state index contributed by atoms with van der Waals surface area (Å²) >= 11 is 0. The van der Waals surface area contributed by atoms with E-state index < -0.39 is 35.3 Å². The first-order chi connectivity index (χ1) is 9.08. The minimum atomic E-state index is -3.35. The molecule has 1 N–H and O–H groups in total. The van der Waals surface area contributed by atoms with Crippen molar-refractivity contribution in [2.75, 3.05) is 0 Å². The zero-order chi connectivity index (χ0) is 15.7. The number of rotatable bonds is 4. The van der Waals surface area contributed by atoms with Gasteiger partial charge in [0, 0.05) is 11.1 Å². The van der Waals surface area contributed by atoms with Crippen molar-refractivity contribution in [1.82, 2.24) is 0 Å². The molecule has 0 fully saturated rings. The highest BCUT2D eigenvalue weighted by atomic mass is 19.3. The SMILES string of the molecule is CCc1c(OC(C)(C)C)cc(C(F)C(F)F)c(O)c1F. The van der Waals surface area contributed by atoms with Gasteiger partial charge in [0.25, 0.3) is 6.43 Å². The predicted octanol–water partition coefficient (Wildman–Crippen LogP) is 4.55. The van der Waals surface area contributed by atoms with Crippen LogP contribution in [0.4, 0.5) is 17.6 Å². The van der Waals surface area contributed by atoms with Gasteiger partial charge in [-0.3, -0.25) is 0 Å². The van der Waals surface area contributed by atoms with Crippen LogP contribution in [0.1, 0.15) is 45.0 Å². The summed E-state index contributed by atoms with van der Waals surface area (Å²) in [7, 11) is 0. The molecule has 0 radical (unpaired) electrons. The first-order valence-corrected chi connectivity index (χ1v) is 6.24. The molecule has 0 bridgehead atoms. The van der Waals surface area contributed by atoms with Crippen LogP contribution in [-0.4, -0.2) is 17.1 Å². The van der Waals surface area contributed by atoms with Gasteiger partial charge in [-0.15, -0.1) is 0 Å². The van der Waals surface area contributed by atoms with E-state index >= 15 is 0 Å². The second-order valence-corrected chi connectivity index (χ2v) is 5.41. The third-order valence-corrected chi connectivity index (χ3v) is 2.62. The van der Waals surface area contributed by atoms with Gasteiger partial charge in [-0.2, -0.15) is 0 Å². The van der Waals surface area contributed by atoms with E-state index in [0.29, 0.717) is 0 Å². The molecule has 20 heavy (non-hydrogen) atoms. The number of hydrogen-bond donors (Lipinski definition) is 1. The predicted molar refractivity (Wildman–Crippen MR) is 67.7 cm³/mol. The van der Waals surface area contributed by atoms with Crippen LogP contribution in [-0.2, 0) is 6.42 Å². The van der Waals surface area contributed by atoms with Crippen LogP contribution in [0.2, 0.25) is 0 Å². The summed E-state index contributed by atoms with van der Waals surface area (Å²) in [5.41, 5.74) is -1.47. The number of ether oxygens (including phenoxy) is 1. The van der Waals surface area contributed by atoms with Crippen molar-refractivity contribution < 1.29 is 27.4 Å². The highest BCUT2D eigenvalue weighted by Crippen LogP contribution is 2.40. The Labute approximate surface area is 115 Å². The molecule has 0 saturated carbocycles. The number of halogens is 4. The van der Waals surface area contributed by atoms with E-state index in [0.717, 1.165) is 6.07 Å². The second kappa shape index (κ2) is 5.89. The molecule has 2 nitrogen and oxygen atoms in total. The van der Waals surface area contributed by atoms with E-state index in [1.165, 1.54) is 0 Å². The Balaban J connectivity index is 3.42. The Hall–Kier alpha value is -1.46. The number of phenols is 1. The van der Waals surface area contributed by atoms with Crippen molar-refractivity contribution in [1.29, 1.82) is 0 Å². The maximum absolute atomic E-state index is 14.0. The smallest absolute Gasteiger partial charge is 0.273 e. The van der Waals surface area contributed by atoms with Crippen LogP contribution >= 0.6 is 0 Å². The number of alkyl halides is 3. The topological polar surface area (TPSA) is 29.5 Å². The molecule has 0 aliphatic rings. The summed E-state index contributed by atoms with van der Waals surface area (Å²) in [6, 6.07) is 0.944. The molecule has 1 atom stereocenters. The summed E-state index contributed by atoms with van der Waals surface area (Å²) in [5, 5.41) is 9.55. The summed E-state index contributed by atoms with van der Waals surface area (Å²) in [5.74, 6) is -2.24. The van der Waals surface area contributed by atoms with E-state index in [-0.39, 0.29) is 17.7 Å². The van der Waals surface area contributed by atoms with E-state index in [2.05, 4.69) is 0 Å². The molecular formula is C14H18F4O2. The molecule has 0 saturated heterocycles. The number of aromatic hydroxyl groups is 1. The fourth-order valence-electron chi connectivity index (χ4n) is 1.77. The summed E-state index contributed by atoms with van der Waals surface area (Å²) < 4.78 is 57.7. The molecule has 114 valence electrons. The molecule has 1 aromatic rings. The Morgan fingerprint density at radius 1 is 1.25 bits per heavy atom. The van der Waals surface area contributed by atoms with Crippen LogP contribution < -0.4 is 4.74 Å². The average molecular weight is 294 g/mol. The second-order valence-electron chi connectivity index (χ2n) is 5.41. The molecule has 0 aromatic heterocycles. The van der Waals surface area contributed by atoms with Crippen molar-refractivity contribution in [2.24, 2.45) is 0 Å². The largest absolute Gasteiger partial charge is 0.505 e. The molecule has 0 heterocycles. The monoisotopic (exact) mass is 294 g/mol. The minimum Gasteiger partial charge on any atom is -0.505 e. The molecule has 1 rings (SSSR count). The fourth-order valence-corrected chi connectivity index (χ4v) is 1.77. The van der Waals surface area contributed by atoms with Gasteiger partial charge >= 0.3 is 0 Å². The molecule has 0 aliphatic carbocycles. The standard InChI is InChI=1S/C14H18F4O2/c1-5-7-9(20-14(2,3)4)6-8(11(16)13(17)18)12(19)10(7)15/h6,11,13,19H,5H2,1-4H3. The Kier molecular flexibility index (Phi) is 4.89. The Morgan fingerprint density at radius 3 is 2.20 bits per heavy atom. The third-order valence-electron chi connectivity index (χ3n) is 2.62. The van der Waals surface area contributed by atoms with Crippen LogP contribution in [0.5, 0.6) is 11.5 Å². The van der Waals surface area contributed by atoms with Gasteiger partial charge in [-0.1, -0.05) is 6.92 Å². The highest BCUT2D eigenvalue weighted by molar-refractivity contribution is 5.48. The van der Waals surface area contributed by atoms with E-state index in [1.807, 2.05) is 0 Å². The van der Waals surface area contributed by atoms with Gasteiger partial charge in [-0.25, -0.2) is 17.6 Å². The molecule has 0 spiro atoms. The first-order valence-electron chi connectivity index (χ1n) is 6.24. The van der Waals surface area contributed by atoms with E-state index in [4.69, 9.17) is 4.74 Å². The van der Waals surface area contributed by atoms with Crippen LogP contribution in [0.15, 0.2) is 6.07 Å². The number of phenolic OH excluding ortho intramolecular Hbond substituents is 1. The number of hydrogen-bond acceptors (Lipinski definition) is 2. The molecule has 0 aliphatic heterocycles. The molecule has 1 aromatic carbocycles. The summed E-state index contributed by atoms with van der Waals surface area (Å²) in [6.07, 6.45) is -5.94. The lowest BCUT2D eigenvalue weighted by molar-refractivity contribution is 0.0474. The maximum atomic E-state index is 14.0. The van der Waals surface area contributed by atoms with Crippen molar-refractivity contribution in [3.63, 3.8) is 0 Å². The Bertz CT molecular complexity index is 481. The van der Waals surface area contributed by atoms with Gasteiger partial charge < -0.3 is 9.84 Å². The zero-order valence-corrected chi connectivity index (χ0v) is 11.8. The van der Waals surface area contributed by atoms with Gasteiger partial charge in [0.05, 0.1) is 0 Å². The third kappa shape index (κ3) is 3.55. The van der Waals surface area contributed by atoms with E-state index in [9.17, 15) is 22.7 Å². The zero-order valence-electron chi connectivity index (χ0n) is 11.8. The molecular weight excluding hydrogens is 276 g/mol. The van der Waals surface area contributed by atoms with Crippen LogP contribution in [0.25, 0.3) is 0 Å².